The summed E-state index contributed by atoms with van der Waals surface area (Å²) in [6.07, 6.45) is 5.45. The standard InChI is InChI=1S/C14H18N2O/c1-3-4-5-6-14(17)16-10-15-12-8-7-11(2)9-13(12)16/h7-10H,3-6H2,1-2H3. The zero-order valence-electron chi connectivity index (χ0n) is 10.4. The zero-order valence-corrected chi connectivity index (χ0v) is 10.4. The van der Waals surface area contributed by atoms with E-state index in [0.29, 0.717) is 6.42 Å². The van der Waals surface area contributed by atoms with Crippen LogP contribution in [0.5, 0.6) is 0 Å². The van der Waals surface area contributed by atoms with Crippen molar-refractivity contribution in [3.05, 3.63) is 30.1 Å². The van der Waals surface area contributed by atoms with Crippen LogP contribution in [-0.4, -0.2) is 15.5 Å². The van der Waals surface area contributed by atoms with Gasteiger partial charge in [0.25, 0.3) is 0 Å². The van der Waals surface area contributed by atoms with E-state index >= 15 is 0 Å². The fourth-order valence-corrected chi connectivity index (χ4v) is 1.96. The number of unbranched alkanes of at least 4 members (excludes halogenated alkanes) is 2. The minimum atomic E-state index is 0.145. The molecule has 3 nitrogen and oxygen atoms in total. The minimum Gasteiger partial charge on any atom is -0.274 e. The number of aromatic nitrogens is 2. The minimum absolute atomic E-state index is 0.145. The average molecular weight is 230 g/mol. The number of nitrogens with zero attached hydrogens (tertiary/aromatic N) is 2. The van der Waals surface area contributed by atoms with Gasteiger partial charge < -0.3 is 0 Å². The molecule has 1 aromatic heterocycles. The molecule has 2 rings (SSSR count). The normalized spacial score (nSPS) is 10.9. The molecule has 90 valence electrons. The Bertz CT molecular complexity index is 528. The highest BCUT2D eigenvalue weighted by Gasteiger charge is 2.09. The number of hydrogen-bond acceptors (Lipinski definition) is 2. The number of hydrogen-bond donors (Lipinski definition) is 0. The molecule has 0 unspecified atom stereocenters. The Morgan fingerprint density at radius 1 is 1.35 bits per heavy atom. The number of fused-ring (bicyclic) bond motifs is 1. The third-order valence-corrected chi connectivity index (χ3v) is 2.97. The molecule has 1 heterocycles. The summed E-state index contributed by atoms with van der Waals surface area (Å²) < 4.78 is 1.68. The molecule has 0 spiro atoms. The van der Waals surface area contributed by atoms with E-state index in [1.54, 1.807) is 10.9 Å². The summed E-state index contributed by atoms with van der Waals surface area (Å²) in [6, 6.07) is 5.99. The van der Waals surface area contributed by atoms with Crippen LogP contribution >= 0.6 is 0 Å². The van der Waals surface area contributed by atoms with Crippen molar-refractivity contribution in [2.75, 3.05) is 0 Å². The van der Waals surface area contributed by atoms with E-state index in [0.717, 1.165) is 35.9 Å². The van der Waals surface area contributed by atoms with Crippen LogP contribution in [0, 0.1) is 6.92 Å². The van der Waals surface area contributed by atoms with Crippen LogP contribution in [0.25, 0.3) is 11.0 Å². The molecule has 2 aromatic rings. The molecule has 0 amide bonds. The number of benzene rings is 1. The first-order valence-corrected chi connectivity index (χ1v) is 6.19. The maximum absolute atomic E-state index is 12.0. The molecule has 0 N–H and O–H groups in total. The van der Waals surface area contributed by atoms with Crippen molar-refractivity contribution in [2.45, 2.75) is 39.5 Å². The summed E-state index contributed by atoms with van der Waals surface area (Å²) >= 11 is 0. The van der Waals surface area contributed by atoms with Crippen LogP contribution in [0.4, 0.5) is 0 Å². The molecule has 1 aromatic carbocycles. The maximum atomic E-state index is 12.0. The molecular formula is C14H18N2O. The average Bonchev–Trinajstić information content (AvgIpc) is 2.72. The number of aryl methyl sites for hydroxylation is 1. The fourth-order valence-electron chi connectivity index (χ4n) is 1.96. The summed E-state index contributed by atoms with van der Waals surface area (Å²) in [5, 5.41) is 0. The van der Waals surface area contributed by atoms with Gasteiger partial charge >= 0.3 is 0 Å². The van der Waals surface area contributed by atoms with Gasteiger partial charge in [-0.25, -0.2) is 4.98 Å². The van der Waals surface area contributed by atoms with Crippen molar-refractivity contribution in [3.8, 4) is 0 Å². The smallest absolute Gasteiger partial charge is 0.232 e. The number of imidazole rings is 1. The highest BCUT2D eigenvalue weighted by atomic mass is 16.2. The topological polar surface area (TPSA) is 34.9 Å². The Morgan fingerprint density at radius 2 is 2.18 bits per heavy atom. The van der Waals surface area contributed by atoms with Crippen LogP contribution < -0.4 is 0 Å². The molecule has 0 aliphatic rings. The van der Waals surface area contributed by atoms with Crippen LogP contribution in [0.1, 0.15) is 43.0 Å². The molecule has 0 aliphatic heterocycles. The zero-order chi connectivity index (χ0) is 12.3. The van der Waals surface area contributed by atoms with E-state index in [4.69, 9.17) is 0 Å². The van der Waals surface area contributed by atoms with Gasteiger partial charge in [0.2, 0.25) is 5.91 Å². The van der Waals surface area contributed by atoms with E-state index in [1.807, 2.05) is 25.1 Å². The highest BCUT2D eigenvalue weighted by Crippen LogP contribution is 2.15. The second-order valence-electron chi connectivity index (χ2n) is 4.46. The number of carbonyl (C=O) groups excluding carboxylic acids is 1. The Kier molecular flexibility index (Phi) is 3.57. The lowest BCUT2D eigenvalue weighted by Gasteiger charge is -2.03. The predicted octanol–water partition coefficient (Wildman–Crippen LogP) is 3.57. The van der Waals surface area contributed by atoms with Crippen molar-refractivity contribution in [3.63, 3.8) is 0 Å². The van der Waals surface area contributed by atoms with Gasteiger partial charge in [0.15, 0.2) is 0 Å². The molecule has 0 fully saturated rings. The molecule has 0 saturated carbocycles. The highest BCUT2D eigenvalue weighted by molar-refractivity contribution is 5.90. The van der Waals surface area contributed by atoms with E-state index in [1.165, 1.54) is 0 Å². The molecule has 3 heteroatoms. The summed E-state index contributed by atoms with van der Waals surface area (Å²) in [4.78, 5) is 16.3. The van der Waals surface area contributed by atoms with Crippen LogP contribution in [0.2, 0.25) is 0 Å². The lowest BCUT2D eigenvalue weighted by atomic mass is 10.2. The molecule has 0 atom stereocenters. The SMILES string of the molecule is CCCCCC(=O)n1cnc2ccc(C)cc21. The molecule has 17 heavy (non-hydrogen) atoms. The quantitative estimate of drug-likeness (QED) is 0.753. The second-order valence-corrected chi connectivity index (χ2v) is 4.46. The van der Waals surface area contributed by atoms with Gasteiger partial charge in [-0.15, -0.1) is 0 Å². The molecule has 0 aliphatic carbocycles. The van der Waals surface area contributed by atoms with Gasteiger partial charge in [0.05, 0.1) is 11.0 Å². The van der Waals surface area contributed by atoms with Gasteiger partial charge in [-0.1, -0.05) is 25.8 Å². The number of carbonyl (C=O) groups is 1. The molecular weight excluding hydrogens is 212 g/mol. The Morgan fingerprint density at radius 3 is 2.94 bits per heavy atom. The van der Waals surface area contributed by atoms with E-state index in [-0.39, 0.29) is 5.91 Å². The van der Waals surface area contributed by atoms with Gasteiger partial charge in [-0.2, -0.15) is 0 Å². The monoisotopic (exact) mass is 230 g/mol. The Labute approximate surface area is 101 Å². The summed E-state index contributed by atoms with van der Waals surface area (Å²) in [5.41, 5.74) is 2.96. The van der Waals surface area contributed by atoms with Crippen LogP contribution in [-0.2, 0) is 0 Å². The van der Waals surface area contributed by atoms with Crippen molar-refractivity contribution < 1.29 is 4.79 Å². The molecule has 0 radical (unpaired) electrons. The van der Waals surface area contributed by atoms with Crippen LogP contribution in [0.15, 0.2) is 24.5 Å². The lowest BCUT2D eigenvalue weighted by molar-refractivity contribution is 0.0904. The summed E-state index contributed by atoms with van der Waals surface area (Å²) in [5.74, 6) is 0.145. The van der Waals surface area contributed by atoms with Crippen molar-refractivity contribution in [2.24, 2.45) is 0 Å². The van der Waals surface area contributed by atoms with Crippen molar-refractivity contribution in [1.82, 2.24) is 9.55 Å². The first-order valence-electron chi connectivity index (χ1n) is 6.19. The Balaban J connectivity index is 2.23. The predicted molar refractivity (Wildman–Crippen MR) is 69.2 cm³/mol. The van der Waals surface area contributed by atoms with Gasteiger partial charge in [-0.3, -0.25) is 9.36 Å². The van der Waals surface area contributed by atoms with E-state index in [2.05, 4.69) is 11.9 Å². The van der Waals surface area contributed by atoms with Crippen LogP contribution in [0.3, 0.4) is 0 Å². The third-order valence-electron chi connectivity index (χ3n) is 2.97. The molecule has 0 bridgehead atoms. The van der Waals surface area contributed by atoms with Crippen molar-refractivity contribution in [1.29, 1.82) is 0 Å². The largest absolute Gasteiger partial charge is 0.274 e. The van der Waals surface area contributed by atoms with Crippen molar-refractivity contribution >= 4 is 16.9 Å². The third kappa shape index (κ3) is 2.54. The number of rotatable bonds is 4. The molecule has 0 saturated heterocycles. The first kappa shape index (κ1) is 11.8. The lowest BCUT2D eigenvalue weighted by Crippen LogP contribution is -2.08. The van der Waals surface area contributed by atoms with Gasteiger partial charge in [-0.05, 0) is 31.0 Å². The fraction of sp³-hybridized carbons (Fsp3) is 0.429. The maximum Gasteiger partial charge on any atom is 0.232 e. The van der Waals surface area contributed by atoms with Gasteiger partial charge in [0.1, 0.15) is 6.33 Å². The van der Waals surface area contributed by atoms with E-state index in [9.17, 15) is 4.79 Å². The second kappa shape index (κ2) is 5.13. The van der Waals surface area contributed by atoms with Gasteiger partial charge in [0, 0.05) is 6.42 Å². The summed E-state index contributed by atoms with van der Waals surface area (Å²) in [7, 11) is 0. The Hall–Kier alpha value is -1.64. The summed E-state index contributed by atoms with van der Waals surface area (Å²) in [6.45, 7) is 4.17. The first-order chi connectivity index (χ1) is 8.22. The van der Waals surface area contributed by atoms with E-state index < -0.39 is 0 Å².